The van der Waals surface area contributed by atoms with Gasteiger partial charge in [0.2, 0.25) is 0 Å². The first-order valence-electron chi connectivity index (χ1n) is 7.10. The molecule has 0 bridgehead atoms. The second-order valence-corrected chi connectivity index (χ2v) is 6.09. The molecule has 6 nitrogen and oxygen atoms in total. The molecule has 0 fully saturated rings. The molecule has 0 aliphatic rings. The Balaban J connectivity index is 2.40. The van der Waals surface area contributed by atoms with Gasteiger partial charge in [-0.05, 0) is 46.9 Å². The zero-order valence-electron chi connectivity index (χ0n) is 12.9. The largest absolute Gasteiger partial charge is 0.372 e. The Bertz CT molecular complexity index is 840. The van der Waals surface area contributed by atoms with E-state index in [1.165, 1.54) is 12.1 Å². The van der Waals surface area contributed by atoms with Crippen LogP contribution in [-0.2, 0) is 4.74 Å². The van der Waals surface area contributed by atoms with Crippen LogP contribution in [0, 0.1) is 26.5 Å². The van der Waals surface area contributed by atoms with Crippen molar-refractivity contribution in [2.75, 3.05) is 25.1 Å². The summed E-state index contributed by atoms with van der Waals surface area (Å²) in [6, 6.07) is 6.84. The average Bonchev–Trinajstić information content (AvgIpc) is 2.58. The van der Waals surface area contributed by atoms with Gasteiger partial charge in [-0.2, -0.15) is 5.26 Å². The Morgan fingerprint density at radius 3 is 2.76 bits per heavy atom. The number of pyridine rings is 1. The van der Waals surface area contributed by atoms with Gasteiger partial charge in [0.25, 0.3) is 0 Å². The van der Waals surface area contributed by atoms with Gasteiger partial charge in [-0.1, -0.05) is 0 Å². The van der Waals surface area contributed by atoms with Crippen molar-refractivity contribution >= 4 is 39.9 Å². The predicted molar refractivity (Wildman–Crippen MR) is 95.5 cm³/mol. The molecule has 0 spiro atoms. The highest BCUT2D eigenvalue weighted by Crippen LogP contribution is 2.25. The summed E-state index contributed by atoms with van der Waals surface area (Å²) in [6.45, 7) is 0.0484. The summed E-state index contributed by atoms with van der Waals surface area (Å²) in [7, 11) is 0. The lowest BCUT2D eigenvalue weighted by molar-refractivity contribution is 0.0774. The van der Waals surface area contributed by atoms with Crippen molar-refractivity contribution in [1.82, 2.24) is 4.98 Å². The van der Waals surface area contributed by atoms with Crippen molar-refractivity contribution in [2.45, 2.75) is 0 Å². The van der Waals surface area contributed by atoms with Crippen LogP contribution in [0.5, 0.6) is 0 Å². The molecule has 0 atom stereocenters. The Kier molecular flexibility index (Phi) is 6.74. The van der Waals surface area contributed by atoms with Gasteiger partial charge in [0, 0.05) is 10.1 Å². The van der Waals surface area contributed by atoms with Gasteiger partial charge in [0.1, 0.15) is 24.3 Å². The smallest absolute Gasteiger partial charge is 0.192 e. The molecular formula is C16H13F2IN4O2. The summed E-state index contributed by atoms with van der Waals surface area (Å²) >= 11 is 1.95. The SMILES string of the molecule is N#Cc1nc(Nc2ccc(I)cc2F)c(C(=O)COCCN)cc1F. The summed E-state index contributed by atoms with van der Waals surface area (Å²) in [4.78, 5) is 16.0. The number of carbonyl (C=O) groups excluding carboxylic acids is 1. The molecule has 0 aliphatic carbocycles. The number of nitrogens with two attached hydrogens (primary N) is 1. The highest BCUT2D eigenvalue weighted by Gasteiger charge is 2.19. The van der Waals surface area contributed by atoms with Gasteiger partial charge in [-0.25, -0.2) is 13.8 Å². The van der Waals surface area contributed by atoms with Crippen LogP contribution in [0.4, 0.5) is 20.3 Å². The topological polar surface area (TPSA) is 101 Å². The number of carbonyl (C=O) groups is 1. The number of hydrogen-bond acceptors (Lipinski definition) is 6. The molecule has 0 aliphatic heterocycles. The van der Waals surface area contributed by atoms with Gasteiger partial charge in [-0.15, -0.1) is 0 Å². The Labute approximate surface area is 156 Å². The molecule has 0 amide bonds. The first-order chi connectivity index (χ1) is 12.0. The van der Waals surface area contributed by atoms with E-state index >= 15 is 0 Å². The van der Waals surface area contributed by atoms with Crippen LogP contribution in [0.2, 0.25) is 0 Å². The standard InChI is InChI=1S/C16H13F2IN4O2/c17-11-5-9(19)1-2-13(11)22-16-10(15(24)8-25-4-3-20)6-12(18)14(7-21)23-16/h1-2,5-6H,3-4,8,20H2,(H,22,23). The van der Waals surface area contributed by atoms with E-state index in [2.05, 4.69) is 10.3 Å². The molecule has 25 heavy (non-hydrogen) atoms. The maximum absolute atomic E-state index is 14.0. The third-order valence-corrected chi connectivity index (χ3v) is 3.73. The highest BCUT2D eigenvalue weighted by molar-refractivity contribution is 14.1. The number of ketones is 1. The zero-order valence-corrected chi connectivity index (χ0v) is 15.0. The van der Waals surface area contributed by atoms with Crippen molar-refractivity contribution in [3.8, 4) is 6.07 Å². The van der Waals surface area contributed by atoms with E-state index in [4.69, 9.17) is 15.7 Å². The van der Waals surface area contributed by atoms with Gasteiger partial charge in [0.15, 0.2) is 17.3 Å². The molecule has 1 heterocycles. The van der Waals surface area contributed by atoms with Crippen LogP contribution >= 0.6 is 22.6 Å². The van der Waals surface area contributed by atoms with Gasteiger partial charge >= 0.3 is 0 Å². The minimum Gasteiger partial charge on any atom is -0.372 e. The molecule has 2 aromatic rings. The van der Waals surface area contributed by atoms with Crippen LogP contribution in [-0.4, -0.2) is 30.5 Å². The van der Waals surface area contributed by atoms with Crippen LogP contribution in [0.3, 0.4) is 0 Å². The fourth-order valence-corrected chi connectivity index (χ4v) is 2.37. The molecule has 9 heteroatoms. The number of anilines is 2. The number of nitrogens with zero attached hydrogens (tertiary/aromatic N) is 2. The first-order valence-corrected chi connectivity index (χ1v) is 8.18. The summed E-state index contributed by atoms with van der Waals surface area (Å²) < 4.78 is 33.6. The Morgan fingerprint density at radius 1 is 1.36 bits per heavy atom. The summed E-state index contributed by atoms with van der Waals surface area (Å²) in [5.41, 5.74) is 4.67. The Hall–Kier alpha value is -2.16. The molecule has 0 saturated carbocycles. The number of nitrogens with one attached hydrogen (secondary N) is 1. The molecule has 0 saturated heterocycles. The molecule has 0 unspecified atom stereocenters. The molecule has 3 N–H and O–H groups in total. The van der Waals surface area contributed by atoms with E-state index in [1.54, 1.807) is 12.1 Å². The van der Waals surface area contributed by atoms with E-state index < -0.39 is 23.1 Å². The second kappa shape index (κ2) is 8.80. The van der Waals surface area contributed by atoms with Gasteiger partial charge in [-0.3, -0.25) is 4.79 Å². The molecule has 130 valence electrons. The van der Waals surface area contributed by atoms with E-state index in [-0.39, 0.29) is 36.8 Å². The number of hydrogen-bond donors (Lipinski definition) is 2. The van der Waals surface area contributed by atoms with Crippen LogP contribution < -0.4 is 11.1 Å². The number of Topliss-reactive ketones (excluding diaryl/α,β-unsaturated/α-hetero) is 1. The number of halogens is 3. The van der Waals surface area contributed by atoms with Crippen molar-refractivity contribution in [2.24, 2.45) is 5.73 Å². The number of ether oxygens (including phenoxy) is 1. The van der Waals surface area contributed by atoms with E-state index in [1.807, 2.05) is 22.6 Å². The molecular weight excluding hydrogens is 445 g/mol. The number of nitriles is 1. The molecule has 0 radical (unpaired) electrons. The lowest BCUT2D eigenvalue weighted by Crippen LogP contribution is -2.17. The average molecular weight is 458 g/mol. The lowest BCUT2D eigenvalue weighted by Gasteiger charge is -2.12. The molecule has 1 aromatic heterocycles. The molecule has 1 aromatic carbocycles. The third-order valence-electron chi connectivity index (χ3n) is 3.06. The first kappa shape index (κ1) is 19.2. The van der Waals surface area contributed by atoms with Crippen LogP contribution in [0.25, 0.3) is 0 Å². The van der Waals surface area contributed by atoms with Crippen molar-refractivity contribution < 1.29 is 18.3 Å². The van der Waals surface area contributed by atoms with Gasteiger partial charge < -0.3 is 15.8 Å². The highest BCUT2D eigenvalue weighted by atomic mass is 127. The maximum atomic E-state index is 14.0. The van der Waals surface area contributed by atoms with Crippen LogP contribution in [0.1, 0.15) is 16.1 Å². The van der Waals surface area contributed by atoms with Crippen molar-refractivity contribution in [1.29, 1.82) is 5.26 Å². The molecule has 2 rings (SSSR count). The quantitative estimate of drug-likeness (QED) is 0.376. The number of aromatic nitrogens is 1. The zero-order chi connectivity index (χ0) is 18.4. The van der Waals surface area contributed by atoms with E-state index in [0.29, 0.717) is 3.57 Å². The summed E-state index contributed by atoms with van der Waals surface area (Å²) in [5, 5.41) is 11.6. The van der Waals surface area contributed by atoms with E-state index in [9.17, 15) is 13.6 Å². The maximum Gasteiger partial charge on any atom is 0.192 e. The lowest BCUT2D eigenvalue weighted by atomic mass is 10.1. The number of rotatable bonds is 7. The second-order valence-electron chi connectivity index (χ2n) is 4.84. The normalized spacial score (nSPS) is 10.4. The van der Waals surface area contributed by atoms with Gasteiger partial charge in [0.05, 0.1) is 17.9 Å². The third kappa shape index (κ3) is 4.91. The minimum absolute atomic E-state index is 0.0420. The minimum atomic E-state index is -0.946. The number of benzene rings is 1. The summed E-state index contributed by atoms with van der Waals surface area (Å²) in [6.07, 6.45) is 0. The van der Waals surface area contributed by atoms with Crippen molar-refractivity contribution in [3.05, 3.63) is 50.7 Å². The van der Waals surface area contributed by atoms with Crippen molar-refractivity contribution in [3.63, 3.8) is 0 Å². The monoisotopic (exact) mass is 458 g/mol. The fraction of sp³-hybridized carbons (Fsp3) is 0.188. The van der Waals surface area contributed by atoms with Crippen LogP contribution in [0.15, 0.2) is 24.3 Å². The Morgan fingerprint density at radius 2 is 2.12 bits per heavy atom. The fourth-order valence-electron chi connectivity index (χ4n) is 1.92. The predicted octanol–water partition coefficient (Wildman–Crippen LogP) is 2.74. The van der Waals surface area contributed by atoms with E-state index in [0.717, 1.165) is 6.07 Å². The summed E-state index contributed by atoms with van der Waals surface area (Å²) in [5.74, 6) is -2.22.